The summed E-state index contributed by atoms with van der Waals surface area (Å²) in [7, 11) is -7.61. The Bertz CT molecular complexity index is 1450. The molecular formula is C23H20N2O4S2. The molecule has 6 nitrogen and oxygen atoms in total. The van der Waals surface area contributed by atoms with Crippen molar-refractivity contribution in [3.8, 4) is 0 Å². The van der Waals surface area contributed by atoms with Gasteiger partial charge < -0.3 is 0 Å². The van der Waals surface area contributed by atoms with Gasteiger partial charge in [0.25, 0.3) is 20.0 Å². The van der Waals surface area contributed by atoms with Gasteiger partial charge in [0.1, 0.15) is 0 Å². The lowest BCUT2D eigenvalue weighted by Gasteiger charge is -2.17. The predicted molar refractivity (Wildman–Crippen MR) is 123 cm³/mol. The van der Waals surface area contributed by atoms with Crippen molar-refractivity contribution in [1.82, 2.24) is 0 Å². The summed E-state index contributed by atoms with van der Waals surface area (Å²) in [4.78, 5) is 0.290. The van der Waals surface area contributed by atoms with E-state index in [0.29, 0.717) is 27.7 Å². The highest BCUT2D eigenvalue weighted by molar-refractivity contribution is 7.93. The first-order valence-electron chi connectivity index (χ1n) is 9.46. The van der Waals surface area contributed by atoms with Gasteiger partial charge in [-0.3, -0.25) is 9.44 Å². The van der Waals surface area contributed by atoms with E-state index in [0.717, 1.165) is 0 Å². The molecule has 0 saturated heterocycles. The summed E-state index contributed by atoms with van der Waals surface area (Å²) in [6.07, 6.45) is 0. The zero-order valence-corrected chi connectivity index (χ0v) is 18.2. The van der Waals surface area contributed by atoms with Crippen molar-refractivity contribution in [1.29, 1.82) is 0 Å². The Labute approximate surface area is 181 Å². The van der Waals surface area contributed by atoms with Gasteiger partial charge in [-0.05, 0) is 42.8 Å². The number of benzene rings is 4. The van der Waals surface area contributed by atoms with E-state index in [1.54, 1.807) is 73.7 Å². The molecular weight excluding hydrogens is 432 g/mol. The first-order valence-corrected chi connectivity index (χ1v) is 12.4. The molecule has 8 heteroatoms. The van der Waals surface area contributed by atoms with Crippen molar-refractivity contribution >= 4 is 42.2 Å². The Hall–Kier alpha value is -3.36. The van der Waals surface area contributed by atoms with Crippen molar-refractivity contribution in [2.75, 3.05) is 9.44 Å². The molecule has 0 atom stereocenters. The van der Waals surface area contributed by atoms with E-state index >= 15 is 0 Å². The van der Waals surface area contributed by atoms with Crippen molar-refractivity contribution in [2.24, 2.45) is 0 Å². The molecule has 4 aromatic rings. The van der Waals surface area contributed by atoms with Gasteiger partial charge in [-0.2, -0.15) is 0 Å². The minimum atomic E-state index is -3.81. The first kappa shape index (κ1) is 20.9. The maximum atomic E-state index is 12.9. The van der Waals surface area contributed by atoms with E-state index in [1.807, 2.05) is 0 Å². The number of hydrogen-bond donors (Lipinski definition) is 2. The van der Waals surface area contributed by atoms with E-state index in [1.165, 1.54) is 24.3 Å². The monoisotopic (exact) mass is 452 g/mol. The molecule has 4 rings (SSSR count). The molecule has 0 radical (unpaired) electrons. The Balaban J connectivity index is 1.80. The molecule has 0 aliphatic rings. The summed E-state index contributed by atoms with van der Waals surface area (Å²) in [5.41, 5.74) is 1.37. The topological polar surface area (TPSA) is 92.3 Å². The van der Waals surface area contributed by atoms with Gasteiger partial charge in [0.15, 0.2) is 0 Å². The van der Waals surface area contributed by atoms with Gasteiger partial charge in [-0.15, -0.1) is 0 Å². The summed E-state index contributed by atoms with van der Waals surface area (Å²) in [6, 6.07) is 24.8. The molecule has 158 valence electrons. The number of fused-ring (bicyclic) bond motifs is 1. The van der Waals surface area contributed by atoms with Crippen LogP contribution in [-0.2, 0) is 20.0 Å². The predicted octanol–water partition coefficient (Wildman–Crippen LogP) is 4.75. The fraction of sp³-hybridized carbons (Fsp3) is 0.0435. The Morgan fingerprint density at radius 3 is 1.58 bits per heavy atom. The van der Waals surface area contributed by atoms with Crippen LogP contribution >= 0.6 is 0 Å². The highest BCUT2D eigenvalue weighted by Gasteiger charge is 2.20. The van der Waals surface area contributed by atoms with Gasteiger partial charge in [0.2, 0.25) is 0 Å². The molecule has 0 aliphatic heterocycles. The van der Waals surface area contributed by atoms with Gasteiger partial charge in [0, 0.05) is 10.8 Å². The maximum Gasteiger partial charge on any atom is 0.261 e. The van der Waals surface area contributed by atoms with Crippen LogP contribution in [0, 0.1) is 6.92 Å². The quantitative estimate of drug-likeness (QED) is 0.442. The number of sulfonamides is 2. The first-order chi connectivity index (χ1) is 14.8. The van der Waals surface area contributed by atoms with E-state index in [9.17, 15) is 16.8 Å². The summed E-state index contributed by atoms with van der Waals surface area (Å²) in [6.45, 7) is 1.73. The van der Waals surface area contributed by atoms with Gasteiger partial charge in [0.05, 0.1) is 21.2 Å². The summed E-state index contributed by atoms with van der Waals surface area (Å²) < 4.78 is 56.7. The maximum absolute atomic E-state index is 12.9. The smallest absolute Gasteiger partial charge is 0.261 e. The van der Waals surface area contributed by atoms with Crippen LogP contribution in [0.4, 0.5) is 11.4 Å². The Morgan fingerprint density at radius 1 is 0.581 bits per heavy atom. The minimum absolute atomic E-state index is 0.144. The molecule has 0 spiro atoms. The van der Waals surface area contributed by atoms with E-state index in [2.05, 4.69) is 9.44 Å². The van der Waals surface area contributed by atoms with Gasteiger partial charge >= 0.3 is 0 Å². The molecule has 0 amide bonds. The zero-order chi connectivity index (χ0) is 22.1. The normalized spacial score (nSPS) is 11.9. The second-order valence-corrected chi connectivity index (χ2v) is 10.4. The van der Waals surface area contributed by atoms with Crippen LogP contribution in [0.2, 0.25) is 0 Å². The van der Waals surface area contributed by atoms with Crippen LogP contribution in [0.3, 0.4) is 0 Å². The third-order valence-electron chi connectivity index (χ3n) is 4.83. The van der Waals surface area contributed by atoms with Crippen molar-refractivity contribution in [2.45, 2.75) is 16.7 Å². The molecule has 0 bridgehead atoms. The molecule has 31 heavy (non-hydrogen) atoms. The SMILES string of the molecule is Cc1cc(NS(=O)(=O)c2ccccc2)c2ccccc2c1NS(=O)(=O)c1ccccc1. The minimum Gasteiger partial charge on any atom is -0.279 e. The third kappa shape index (κ3) is 4.26. The molecule has 0 heterocycles. The number of anilines is 2. The van der Waals surface area contributed by atoms with Crippen LogP contribution < -0.4 is 9.44 Å². The molecule has 0 aliphatic carbocycles. The van der Waals surface area contributed by atoms with Crippen LogP contribution in [0.25, 0.3) is 10.8 Å². The third-order valence-corrected chi connectivity index (χ3v) is 7.58. The van der Waals surface area contributed by atoms with E-state index < -0.39 is 20.0 Å². The Morgan fingerprint density at radius 2 is 1.03 bits per heavy atom. The lowest BCUT2D eigenvalue weighted by molar-refractivity contribution is 0.599. The molecule has 0 saturated carbocycles. The number of rotatable bonds is 6. The van der Waals surface area contributed by atoms with Gasteiger partial charge in [-0.1, -0.05) is 60.7 Å². The second-order valence-electron chi connectivity index (χ2n) is 7.00. The van der Waals surface area contributed by atoms with E-state index in [4.69, 9.17) is 0 Å². The Kier molecular flexibility index (Phi) is 5.43. The number of hydrogen-bond acceptors (Lipinski definition) is 4. The second kappa shape index (κ2) is 8.05. The van der Waals surface area contributed by atoms with Crippen molar-refractivity contribution in [3.05, 3.63) is 96.6 Å². The highest BCUT2D eigenvalue weighted by atomic mass is 32.2. The zero-order valence-electron chi connectivity index (χ0n) is 16.6. The van der Waals surface area contributed by atoms with Crippen LogP contribution in [-0.4, -0.2) is 16.8 Å². The number of aryl methyl sites for hydroxylation is 1. The molecule has 4 aromatic carbocycles. The van der Waals surface area contributed by atoms with Crippen LogP contribution in [0.1, 0.15) is 5.56 Å². The van der Waals surface area contributed by atoms with Crippen LogP contribution in [0.15, 0.2) is 101 Å². The highest BCUT2D eigenvalue weighted by Crippen LogP contribution is 2.35. The van der Waals surface area contributed by atoms with Gasteiger partial charge in [-0.25, -0.2) is 16.8 Å². The summed E-state index contributed by atoms with van der Waals surface area (Å²) in [5.74, 6) is 0. The fourth-order valence-corrected chi connectivity index (χ4v) is 5.60. The molecule has 0 aromatic heterocycles. The van der Waals surface area contributed by atoms with Crippen LogP contribution in [0.5, 0.6) is 0 Å². The molecule has 2 N–H and O–H groups in total. The average molecular weight is 453 g/mol. The standard InChI is InChI=1S/C23H20N2O4S2/c1-17-16-22(24-30(26,27)18-10-4-2-5-11-18)20-14-8-9-15-21(20)23(17)25-31(28,29)19-12-6-3-7-13-19/h2-16,24-25H,1H3. The number of nitrogens with one attached hydrogen (secondary N) is 2. The largest absolute Gasteiger partial charge is 0.279 e. The van der Waals surface area contributed by atoms with Crippen molar-refractivity contribution in [3.63, 3.8) is 0 Å². The lowest BCUT2D eigenvalue weighted by atomic mass is 10.0. The van der Waals surface area contributed by atoms with E-state index in [-0.39, 0.29) is 9.79 Å². The summed E-state index contributed by atoms with van der Waals surface area (Å²) in [5, 5.41) is 1.17. The van der Waals surface area contributed by atoms with Crippen molar-refractivity contribution < 1.29 is 16.8 Å². The molecule has 0 fully saturated rings. The average Bonchev–Trinajstić information content (AvgIpc) is 2.77. The lowest BCUT2D eigenvalue weighted by Crippen LogP contribution is -2.16. The fourth-order valence-electron chi connectivity index (χ4n) is 3.33. The summed E-state index contributed by atoms with van der Waals surface area (Å²) >= 11 is 0. The molecule has 0 unspecified atom stereocenters.